The number of carbonyl (C=O) groups is 1. The largest absolute Gasteiger partial charge is 0.468 e. The lowest BCUT2D eigenvalue weighted by Gasteiger charge is -2.09. The van der Waals surface area contributed by atoms with E-state index in [2.05, 4.69) is 20.7 Å². The molecule has 2 N–H and O–H groups in total. The van der Waals surface area contributed by atoms with Gasteiger partial charge >= 0.3 is 5.97 Å². The van der Waals surface area contributed by atoms with Crippen LogP contribution in [-0.2, 0) is 9.53 Å². The summed E-state index contributed by atoms with van der Waals surface area (Å²) in [5.74, 6) is -0.950. The summed E-state index contributed by atoms with van der Waals surface area (Å²) in [6.07, 6.45) is 0. The quantitative estimate of drug-likeness (QED) is 0.826. The van der Waals surface area contributed by atoms with Crippen LogP contribution in [0.1, 0.15) is 11.6 Å². The second-order valence-corrected chi connectivity index (χ2v) is 3.53. The van der Waals surface area contributed by atoms with Gasteiger partial charge in [0.2, 0.25) is 0 Å². The summed E-state index contributed by atoms with van der Waals surface area (Å²) in [4.78, 5) is 11.1. The monoisotopic (exact) mass is 261 g/mol. The molecule has 5 heteroatoms. The van der Waals surface area contributed by atoms with Crippen LogP contribution in [0, 0.1) is 5.82 Å². The molecule has 1 aromatic carbocycles. The fraction of sp³-hybridized carbons (Fsp3) is 0.222. The van der Waals surface area contributed by atoms with E-state index in [0.717, 1.165) is 0 Å². The van der Waals surface area contributed by atoms with E-state index in [9.17, 15) is 9.18 Å². The number of esters is 1. The number of rotatable bonds is 2. The van der Waals surface area contributed by atoms with E-state index in [0.29, 0.717) is 5.56 Å². The number of hydrogen-bond donors (Lipinski definition) is 1. The zero-order valence-electron chi connectivity index (χ0n) is 7.46. The predicted molar refractivity (Wildman–Crippen MR) is 53.0 cm³/mol. The van der Waals surface area contributed by atoms with Crippen LogP contribution in [0.25, 0.3) is 0 Å². The summed E-state index contributed by atoms with van der Waals surface area (Å²) in [5.41, 5.74) is 6.05. The maximum Gasteiger partial charge on any atom is 0.327 e. The normalized spacial score (nSPS) is 12.3. The molecule has 0 aliphatic heterocycles. The summed E-state index contributed by atoms with van der Waals surface area (Å²) in [6, 6.07) is 3.26. The minimum Gasteiger partial charge on any atom is -0.468 e. The summed E-state index contributed by atoms with van der Waals surface area (Å²) in [7, 11) is 1.25. The van der Waals surface area contributed by atoms with E-state index < -0.39 is 17.8 Å². The van der Waals surface area contributed by atoms with E-state index in [1.165, 1.54) is 25.3 Å². The molecular weight excluding hydrogens is 253 g/mol. The third-order valence-corrected chi connectivity index (χ3v) is 2.37. The maximum absolute atomic E-state index is 12.8. The van der Waals surface area contributed by atoms with Gasteiger partial charge < -0.3 is 10.5 Å². The number of halogens is 2. The molecule has 0 saturated carbocycles. The Balaban J connectivity index is 2.96. The summed E-state index contributed by atoms with van der Waals surface area (Å²) >= 11 is 3.00. The van der Waals surface area contributed by atoms with Crippen LogP contribution in [0.15, 0.2) is 22.7 Å². The molecule has 0 spiro atoms. The second kappa shape index (κ2) is 4.52. The maximum atomic E-state index is 12.8. The minimum absolute atomic E-state index is 0.273. The zero-order valence-corrected chi connectivity index (χ0v) is 9.05. The molecule has 76 valence electrons. The summed E-state index contributed by atoms with van der Waals surface area (Å²) in [5, 5.41) is 0. The molecule has 0 heterocycles. The number of nitrogens with two attached hydrogens (primary N) is 1. The topological polar surface area (TPSA) is 52.3 Å². The van der Waals surface area contributed by atoms with E-state index in [-0.39, 0.29) is 4.47 Å². The average Bonchev–Trinajstić information content (AvgIpc) is 2.20. The first-order chi connectivity index (χ1) is 6.56. The Morgan fingerprint density at radius 3 is 2.79 bits per heavy atom. The van der Waals surface area contributed by atoms with Crippen molar-refractivity contribution in [2.24, 2.45) is 5.73 Å². The summed E-state index contributed by atoms with van der Waals surface area (Å²) in [6.45, 7) is 0. The lowest BCUT2D eigenvalue weighted by atomic mass is 10.1. The van der Waals surface area contributed by atoms with Crippen molar-refractivity contribution in [2.75, 3.05) is 7.11 Å². The van der Waals surface area contributed by atoms with Gasteiger partial charge in [0.15, 0.2) is 0 Å². The van der Waals surface area contributed by atoms with Crippen LogP contribution >= 0.6 is 15.9 Å². The van der Waals surface area contributed by atoms with Gasteiger partial charge in [0, 0.05) is 0 Å². The first-order valence-corrected chi connectivity index (χ1v) is 4.64. The van der Waals surface area contributed by atoms with Gasteiger partial charge in [0.1, 0.15) is 11.9 Å². The Bertz CT molecular complexity index is 357. The molecule has 1 atom stereocenters. The van der Waals surface area contributed by atoms with Crippen molar-refractivity contribution in [1.82, 2.24) is 0 Å². The summed E-state index contributed by atoms with van der Waals surface area (Å²) < 4.78 is 17.6. The average molecular weight is 262 g/mol. The Morgan fingerprint density at radius 2 is 2.29 bits per heavy atom. The predicted octanol–water partition coefficient (Wildman–Crippen LogP) is 1.76. The lowest BCUT2D eigenvalue weighted by molar-refractivity contribution is -0.142. The van der Waals surface area contributed by atoms with Crippen LogP contribution in [0.5, 0.6) is 0 Å². The highest BCUT2D eigenvalue weighted by Crippen LogP contribution is 2.20. The van der Waals surface area contributed by atoms with Gasteiger partial charge in [-0.2, -0.15) is 0 Å². The van der Waals surface area contributed by atoms with Gasteiger partial charge in [0.25, 0.3) is 0 Å². The van der Waals surface area contributed by atoms with Gasteiger partial charge in [-0.25, -0.2) is 4.39 Å². The Hall–Kier alpha value is -0.940. The van der Waals surface area contributed by atoms with Crippen molar-refractivity contribution in [3.63, 3.8) is 0 Å². The van der Waals surface area contributed by atoms with Crippen molar-refractivity contribution in [3.8, 4) is 0 Å². The second-order valence-electron chi connectivity index (χ2n) is 2.67. The van der Waals surface area contributed by atoms with E-state index >= 15 is 0 Å². The smallest absolute Gasteiger partial charge is 0.327 e. The fourth-order valence-electron chi connectivity index (χ4n) is 0.969. The number of carbonyl (C=O) groups excluding carboxylic acids is 1. The highest BCUT2D eigenvalue weighted by Gasteiger charge is 2.16. The molecule has 0 amide bonds. The van der Waals surface area contributed by atoms with Crippen LogP contribution in [0.3, 0.4) is 0 Å². The van der Waals surface area contributed by atoms with Crippen molar-refractivity contribution in [2.45, 2.75) is 6.04 Å². The lowest BCUT2D eigenvalue weighted by Crippen LogP contribution is -2.22. The Kier molecular flexibility index (Phi) is 3.60. The molecule has 14 heavy (non-hydrogen) atoms. The molecule has 0 bridgehead atoms. The van der Waals surface area contributed by atoms with Crippen molar-refractivity contribution in [1.29, 1.82) is 0 Å². The number of ether oxygens (including phenoxy) is 1. The molecule has 1 aromatic rings. The van der Waals surface area contributed by atoms with E-state index in [1.54, 1.807) is 0 Å². The molecule has 0 aliphatic carbocycles. The molecule has 0 saturated heterocycles. The van der Waals surface area contributed by atoms with E-state index in [4.69, 9.17) is 5.73 Å². The molecule has 0 aliphatic rings. The van der Waals surface area contributed by atoms with Crippen molar-refractivity contribution in [3.05, 3.63) is 34.1 Å². The van der Waals surface area contributed by atoms with Crippen LogP contribution in [0.2, 0.25) is 0 Å². The van der Waals surface area contributed by atoms with Crippen LogP contribution < -0.4 is 5.73 Å². The highest BCUT2D eigenvalue weighted by atomic mass is 79.9. The molecule has 0 fully saturated rings. The zero-order chi connectivity index (χ0) is 10.7. The molecule has 0 radical (unpaired) electrons. The molecule has 0 aromatic heterocycles. The molecule has 1 rings (SSSR count). The van der Waals surface area contributed by atoms with Gasteiger partial charge in [-0.3, -0.25) is 4.79 Å². The Labute approximate surface area is 89.2 Å². The Morgan fingerprint density at radius 1 is 1.64 bits per heavy atom. The van der Waals surface area contributed by atoms with Crippen molar-refractivity contribution < 1.29 is 13.9 Å². The van der Waals surface area contributed by atoms with E-state index in [1.807, 2.05) is 0 Å². The molecular formula is C9H9BrFNO2. The first-order valence-electron chi connectivity index (χ1n) is 3.84. The first kappa shape index (κ1) is 11.1. The SMILES string of the molecule is COC(=O)[C@@H](N)c1ccc(F)c(Br)c1. The molecule has 0 unspecified atom stereocenters. The fourth-order valence-corrected chi connectivity index (χ4v) is 1.37. The molecule has 3 nitrogen and oxygen atoms in total. The highest BCUT2D eigenvalue weighted by molar-refractivity contribution is 9.10. The third kappa shape index (κ3) is 2.30. The van der Waals surface area contributed by atoms with Gasteiger partial charge in [0.05, 0.1) is 11.6 Å². The number of methoxy groups -OCH3 is 1. The van der Waals surface area contributed by atoms with Crippen molar-refractivity contribution >= 4 is 21.9 Å². The number of hydrogen-bond acceptors (Lipinski definition) is 3. The van der Waals surface area contributed by atoms with Crippen LogP contribution in [-0.4, -0.2) is 13.1 Å². The van der Waals surface area contributed by atoms with Gasteiger partial charge in [-0.1, -0.05) is 6.07 Å². The minimum atomic E-state index is -0.878. The third-order valence-electron chi connectivity index (χ3n) is 1.76. The van der Waals surface area contributed by atoms with Gasteiger partial charge in [-0.05, 0) is 33.6 Å². The number of benzene rings is 1. The standard InChI is InChI=1S/C9H9BrFNO2/c1-14-9(13)8(12)5-2-3-7(11)6(10)4-5/h2-4,8H,12H2,1H3/t8-/m0/s1. The van der Waals surface area contributed by atoms with Crippen LogP contribution in [0.4, 0.5) is 4.39 Å². The van der Waals surface area contributed by atoms with Gasteiger partial charge in [-0.15, -0.1) is 0 Å².